The molecule has 0 N–H and O–H groups in total. The average molecular weight is 479 g/mol. The van der Waals surface area contributed by atoms with Crippen molar-refractivity contribution in [2.45, 2.75) is 78.6 Å². The highest BCUT2D eigenvalue weighted by atomic mass is 31.2. The lowest BCUT2D eigenvalue weighted by atomic mass is 9.86. The van der Waals surface area contributed by atoms with E-state index >= 15 is 0 Å². The Hall–Kier alpha value is -2.51. The minimum atomic E-state index is -1.78. The lowest BCUT2D eigenvalue weighted by molar-refractivity contribution is 0.372. The SMILES string of the molecule is CC(C)(C)c1ccccc1OP(Oc1ccccc1C(C)(C)C)Oc1ccccc1C(C)(C)C. The lowest BCUT2D eigenvalue weighted by Crippen LogP contribution is -2.16. The molecular formula is C30H39O3P. The van der Waals surface area contributed by atoms with Crippen LogP contribution in [0.2, 0.25) is 0 Å². The molecule has 0 radical (unpaired) electrons. The largest absolute Gasteiger partial charge is 0.530 e. The molecule has 3 aromatic carbocycles. The Morgan fingerprint density at radius 1 is 0.412 bits per heavy atom. The third-order valence-electron chi connectivity index (χ3n) is 5.60. The van der Waals surface area contributed by atoms with Crippen LogP contribution in [0.15, 0.2) is 72.8 Å². The van der Waals surface area contributed by atoms with Crippen LogP contribution in [0.1, 0.15) is 79.0 Å². The van der Waals surface area contributed by atoms with Crippen LogP contribution in [0.25, 0.3) is 0 Å². The molecule has 0 aliphatic heterocycles. The molecular weight excluding hydrogens is 439 g/mol. The Kier molecular flexibility index (Phi) is 7.68. The molecule has 0 heterocycles. The summed E-state index contributed by atoms with van der Waals surface area (Å²) in [6.45, 7) is 19.7. The van der Waals surface area contributed by atoms with Crippen molar-refractivity contribution in [1.29, 1.82) is 0 Å². The highest BCUT2D eigenvalue weighted by Crippen LogP contribution is 2.48. The van der Waals surface area contributed by atoms with Gasteiger partial charge in [0.25, 0.3) is 0 Å². The Labute approximate surface area is 207 Å². The van der Waals surface area contributed by atoms with E-state index in [4.69, 9.17) is 13.6 Å². The zero-order valence-electron chi connectivity index (χ0n) is 22.1. The standard InChI is InChI=1S/C30H39O3P/c1-28(2,3)22-16-10-13-19-25(22)31-34(32-26-20-14-11-17-23(26)29(4,5)6)33-27-21-15-12-18-24(27)30(7,8)9/h10-21H,1-9H3. The smallest absolute Gasteiger partial charge is 0.408 e. The maximum absolute atomic E-state index is 6.54. The van der Waals surface area contributed by atoms with E-state index < -0.39 is 8.60 Å². The third kappa shape index (κ3) is 6.54. The van der Waals surface area contributed by atoms with Crippen molar-refractivity contribution >= 4 is 8.60 Å². The van der Waals surface area contributed by atoms with Crippen LogP contribution in [0.5, 0.6) is 17.2 Å². The maximum Gasteiger partial charge on any atom is 0.530 e. The molecule has 0 aromatic heterocycles. The van der Waals surface area contributed by atoms with Gasteiger partial charge in [-0.1, -0.05) is 117 Å². The van der Waals surface area contributed by atoms with E-state index in [2.05, 4.69) is 80.5 Å². The van der Waals surface area contributed by atoms with Gasteiger partial charge in [0.05, 0.1) is 0 Å². The average Bonchev–Trinajstić information content (AvgIpc) is 2.72. The van der Waals surface area contributed by atoms with Crippen molar-refractivity contribution in [3.63, 3.8) is 0 Å². The molecule has 0 saturated heterocycles. The summed E-state index contributed by atoms with van der Waals surface area (Å²) < 4.78 is 19.6. The predicted octanol–water partition coefficient (Wildman–Crippen LogP) is 9.34. The van der Waals surface area contributed by atoms with Gasteiger partial charge < -0.3 is 13.6 Å². The van der Waals surface area contributed by atoms with Crippen LogP contribution in [-0.2, 0) is 16.2 Å². The molecule has 0 bridgehead atoms. The summed E-state index contributed by atoms with van der Waals surface area (Å²) >= 11 is 0. The molecule has 0 aliphatic rings. The first kappa shape index (κ1) is 26.1. The topological polar surface area (TPSA) is 27.7 Å². The van der Waals surface area contributed by atoms with E-state index in [1.807, 2.05) is 54.6 Å². The van der Waals surface area contributed by atoms with Crippen LogP contribution in [0, 0.1) is 0 Å². The maximum atomic E-state index is 6.54. The molecule has 3 aromatic rings. The lowest BCUT2D eigenvalue weighted by Gasteiger charge is -2.28. The van der Waals surface area contributed by atoms with Gasteiger partial charge in [-0.3, -0.25) is 0 Å². The first-order valence-electron chi connectivity index (χ1n) is 11.9. The zero-order chi connectivity index (χ0) is 25.1. The van der Waals surface area contributed by atoms with Crippen LogP contribution in [0.3, 0.4) is 0 Å². The highest BCUT2D eigenvalue weighted by molar-refractivity contribution is 7.43. The van der Waals surface area contributed by atoms with Gasteiger partial charge in [0, 0.05) is 16.7 Å². The van der Waals surface area contributed by atoms with Crippen LogP contribution in [0.4, 0.5) is 0 Å². The second kappa shape index (κ2) is 10.0. The van der Waals surface area contributed by atoms with Crippen molar-refractivity contribution in [2.75, 3.05) is 0 Å². The molecule has 0 fully saturated rings. The quantitative estimate of drug-likeness (QED) is 0.330. The highest BCUT2D eigenvalue weighted by Gasteiger charge is 2.29. The van der Waals surface area contributed by atoms with Crippen molar-refractivity contribution < 1.29 is 13.6 Å². The number of benzene rings is 3. The molecule has 0 amide bonds. The minimum absolute atomic E-state index is 0.0791. The van der Waals surface area contributed by atoms with E-state index in [1.165, 1.54) is 0 Å². The van der Waals surface area contributed by atoms with Gasteiger partial charge >= 0.3 is 8.60 Å². The molecule has 0 saturated carbocycles. The minimum Gasteiger partial charge on any atom is -0.408 e. The predicted molar refractivity (Wildman–Crippen MR) is 144 cm³/mol. The third-order valence-corrected chi connectivity index (χ3v) is 6.64. The second-order valence-corrected chi connectivity index (χ2v) is 12.7. The van der Waals surface area contributed by atoms with E-state index in [-0.39, 0.29) is 16.2 Å². The molecule has 34 heavy (non-hydrogen) atoms. The summed E-state index contributed by atoms with van der Waals surface area (Å²) in [5, 5.41) is 0. The molecule has 0 spiro atoms. The van der Waals surface area contributed by atoms with Gasteiger partial charge in [0.1, 0.15) is 17.2 Å². The van der Waals surface area contributed by atoms with Crippen molar-refractivity contribution in [1.82, 2.24) is 0 Å². The summed E-state index contributed by atoms with van der Waals surface area (Å²) in [7, 11) is -1.78. The van der Waals surface area contributed by atoms with E-state index in [0.717, 1.165) is 33.9 Å². The monoisotopic (exact) mass is 478 g/mol. The fraction of sp³-hybridized carbons (Fsp3) is 0.400. The van der Waals surface area contributed by atoms with Gasteiger partial charge in [-0.15, -0.1) is 0 Å². The van der Waals surface area contributed by atoms with Crippen LogP contribution >= 0.6 is 8.60 Å². The van der Waals surface area contributed by atoms with Gasteiger partial charge in [-0.2, -0.15) is 0 Å². The summed E-state index contributed by atoms with van der Waals surface area (Å²) in [5.41, 5.74) is 3.10. The molecule has 0 atom stereocenters. The molecule has 182 valence electrons. The van der Waals surface area contributed by atoms with Crippen LogP contribution in [-0.4, -0.2) is 0 Å². The first-order chi connectivity index (χ1) is 15.8. The van der Waals surface area contributed by atoms with Gasteiger partial charge in [0.15, 0.2) is 0 Å². The zero-order valence-corrected chi connectivity index (χ0v) is 23.0. The molecule has 3 nitrogen and oxygen atoms in total. The fourth-order valence-corrected chi connectivity index (χ4v) is 4.87. The number of rotatable bonds is 6. The first-order valence-corrected chi connectivity index (χ1v) is 13.0. The molecule has 0 unspecified atom stereocenters. The number of hydrogen-bond donors (Lipinski definition) is 0. The Bertz CT molecular complexity index is 959. The van der Waals surface area contributed by atoms with Crippen molar-refractivity contribution in [2.24, 2.45) is 0 Å². The normalized spacial score (nSPS) is 12.5. The summed E-state index contributed by atoms with van der Waals surface area (Å²) in [5.74, 6) is 2.34. The summed E-state index contributed by atoms with van der Waals surface area (Å²) in [6.07, 6.45) is 0. The Morgan fingerprint density at radius 2 is 0.647 bits per heavy atom. The van der Waals surface area contributed by atoms with Gasteiger partial charge in [-0.25, -0.2) is 0 Å². The van der Waals surface area contributed by atoms with Crippen molar-refractivity contribution in [3.8, 4) is 17.2 Å². The molecule has 4 heteroatoms. The van der Waals surface area contributed by atoms with Crippen molar-refractivity contribution in [3.05, 3.63) is 89.5 Å². The molecule has 3 rings (SSSR count). The van der Waals surface area contributed by atoms with E-state index in [0.29, 0.717) is 0 Å². The number of hydrogen-bond acceptors (Lipinski definition) is 3. The van der Waals surface area contributed by atoms with Gasteiger partial charge in [-0.05, 0) is 34.4 Å². The summed E-state index contributed by atoms with van der Waals surface area (Å²) in [4.78, 5) is 0. The molecule has 0 aliphatic carbocycles. The van der Waals surface area contributed by atoms with E-state index in [1.54, 1.807) is 0 Å². The fourth-order valence-electron chi connectivity index (χ4n) is 3.79. The summed E-state index contributed by atoms with van der Waals surface area (Å²) in [6, 6.07) is 24.4. The Morgan fingerprint density at radius 3 is 0.882 bits per heavy atom. The number of para-hydroxylation sites is 3. The van der Waals surface area contributed by atoms with E-state index in [9.17, 15) is 0 Å². The van der Waals surface area contributed by atoms with Gasteiger partial charge in [0.2, 0.25) is 0 Å². The van der Waals surface area contributed by atoms with Crippen LogP contribution < -0.4 is 13.6 Å². The second-order valence-electron chi connectivity index (χ2n) is 11.7. The Balaban J connectivity index is 2.05.